The summed E-state index contributed by atoms with van der Waals surface area (Å²) in [4.78, 5) is 29.0. The molecule has 1 aromatic heterocycles. The smallest absolute Gasteiger partial charge is 0.417 e. The minimum Gasteiger partial charge on any atom is -0.480 e. The molecular formula is C24H25ClF3N3O4. The quantitative estimate of drug-likeness (QED) is 0.565. The topological polar surface area (TPSA) is 101 Å². The lowest BCUT2D eigenvalue weighted by molar-refractivity contribution is -0.138. The van der Waals surface area contributed by atoms with Gasteiger partial charge >= 0.3 is 6.18 Å². The average Bonchev–Trinajstić information content (AvgIpc) is 2.83. The molecule has 11 heteroatoms. The third-order valence-corrected chi connectivity index (χ3v) is 6.61. The van der Waals surface area contributed by atoms with E-state index in [4.69, 9.17) is 16.3 Å². The molecule has 35 heavy (non-hydrogen) atoms. The number of hydrogen-bond acceptors (Lipinski definition) is 5. The molecule has 1 aromatic carbocycles. The Morgan fingerprint density at radius 2 is 1.86 bits per heavy atom. The largest absolute Gasteiger partial charge is 0.480 e. The van der Waals surface area contributed by atoms with Crippen LogP contribution < -0.4 is 15.4 Å². The molecule has 0 saturated heterocycles. The Bertz CT molecular complexity index is 1070. The van der Waals surface area contributed by atoms with Gasteiger partial charge in [-0.15, -0.1) is 0 Å². The molecule has 0 unspecified atom stereocenters. The second-order valence-corrected chi connectivity index (χ2v) is 9.29. The number of amides is 2. The number of carbonyl (C=O) groups is 2. The van der Waals surface area contributed by atoms with Gasteiger partial charge in [-0.1, -0.05) is 11.6 Å². The van der Waals surface area contributed by atoms with Gasteiger partial charge in [-0.3, -0.25) is 14.6 Å². The van der Waals surface area contributed by atoms with Crippen LogP contribution in [0, 0.1) is 5.92 Å². The number of carbonyl (C=O) groups excluding carboxylic acids is 2. The summed E-state index contributed by atoms with van der Waals surface area (Å²) in [6.07, 6.45) is -2.94. The van der Waals surface area contributed by atoms with Crippen molar-refractivity contribution < 1.29 is 32.6 Å². The molecule has 4 rings (SSSR count). The number of halogens is 4. The van der Waals surface area contributed by atoms with Crippen LogP contribution in [-0.2, 0) is 22.3 Å². The molecule has 1 aliphatic heterocycles. The first kappa shape index (κ1) is 25.2. The second kappa shape index (κ2) is 10.4. The molecular weight excluding hydrogens is 487 g/mol. The van der Waals surface area contributed by atoms with E-state index >= 15 is 0 Å². The van der Waals surface area contributed by atoms with Gasteiger partial charge in [0.1, 0.15) is 5.75 Å². The van der Waals surface area contributed by atoms with Crippen molar-refractivity contribution in [3.05, 3.63) is 58.4 Å². The summed E-state index contributed by atoms with van der Waals surface area (Å²) in [5, 5.41) is 16.5. The number of nitrogens with one attached hydrogen (secondary N) is 2. The molecule has 0 radical (unpaired) electrons. The standard InChI is InChI=1S/C24H25ClF3N3O4/c25-15-4-8-20-18(9-15)19(32)10-21(35-20)23(34)31-16-5-1-13(2-6-16)22(33)30-12-17-7-3-14(11-29-17)24(26,27)28/h3-4,7-9,11,13,16,19,21,32H,1-2,5-6,10,12H2,(H,30,33)(H,31,34)/t13?,16?,19-,21-/m1/s1. The number of hydrogen-bond donors (Lipinski definition) is 3. The number of benzene rings is 1. The van der Waals surface area contributed by atoms with E-state index in [0.29, 0.717) is 47.7 Å². The van der Waals surface area contributed by atoms with Gasteiger partial charge in [0.2, 0.25) is 5.91 Å². The zero-order valence-corrected chi connectivity index (χ0v) is 19.4. The molecule has 2 heterocycles. The number of aromatic nitrogens is 1. The highest BCUT2D eigenvalue weighted by Gasteiger charge is 2.34. The third-order valence-electron chi connectivity index (χ3n) is 6.37. The molecule has 0 spiro atoms. The summed E-state index contributed by atoms with van der Waals surface area (Å²) in [6.45, 7) is 0.0433. The van der Waals surface area contributed by atoms with Crippen molar-refractivity contribution in [2.75, 3.05) is 0 Å². The number of rotatable bonds is 5. The van der Waals surface area contributed by atoms with Crippen LogP contribution in [0.4, 0.5) is 13.2 Å². The lowest BCUT2D eigenvalue weighted by Crippen LogP contribution is -2.47. The van der Waals surface area contributed by atoms with Crippen molar-refractivity contribution >= 4 is 23.4 Å². The average molecular weight is 512 g/mol. The van der Waals surface area contributed by atoms with Crippen molar-refractivity contribution in [2.45, 2.75) is 63.1 Å². The third kappa shape index (κ3) is 6.24. The van der Waals surface area contributed by atoms with Gasteiger partial charge < -0.3 is 20.5 Å². The van der Waals surface area contributed by atoms with Crippen molar-refractivity contribution in [3.63, 3.8) is 0 Å². The van der Waals surface area contributed by atoms with Crippen LogP contribution in [-0.4, -0.2) is 34.1 Å². The Morgan fingerprint density at radius 3 is 2.51 bits per heavy atom. The Kier molecular flexibility index (Phi) is 7.51. The highest BCUT2D eigenvalue weighted by atomic mass is 35.5. The Hall–Kier alpha value is -2.85. The van der Waals surface area contributed by atoms with Gasteiger partial charge in [-0.05, 0) is 56.0 Å². The first-order valence-corrected chi connectivity index (χ1v) is 11.7. The van der Waals surface area contributed by atoms with Crippen LogP contribution in [0.3, 0.4) is 0 Å². The second-order valence-electron chi connectivity index (χ2n) is 8.85. The molecule has 2 amide bonds. The van der Waals surface area contributed by atoms with E-state index in [0.717, 1.165) is 12.3 Å². The number of alkyl halides is 3. The zero-order valence-electron chi connectivity index (χ0n) is 18.6. The fourth-order valence-electron chi connectivity index (χ4n) is 4.39. The number of ether oxygens (including phenoxy) is 1. The Balaban J connectivity index is 1.22. The maximum atomic E-state index is 12.7. The number of fused-ring (bicyclic) bond motifs is 1. The van der Waals surface area contributed by atoms with Crippen molar-refractivity contribution in [3.8, 4) is 5.75 Å². The Morgan fingerprint density at radius 1 is 1.11 bits per heavy atom. The molecule has 0 bridgehead atoms. The molecule has 2 aliphatic rings. The SMILES string of the molecule is O=C(NCc1ccc(C(F)(F)F)cn1)C1CCC(NC(=O)[C@H]2C[C@@H](O)c3cc(Cl)ccc3O2)CC1. The lowest BCUT2D eigenvalue weighted by atomic mass is 9.85. The molecule has 1 fully saturated rings. The molecule has 188 valence electrons. The van der Waals surface area contributed by atoms with Gasteiger partial charge in [0, 0.05) is 35.2 Å². The monoisotopic (exact) mass is 511 g/mol. The van der Waals surface area contributed by atoms with Crippen molar-refractivity contribution in [1.82, 2.24) is 15.6 Å². The molecule has 1 aliphatic carbocycles. The highest BCUT2D eigenvalue weighted by molar-refractivity contribution is 6.30. The number of aliphatic hydroxyl groups excluding tert-OH is 1. The van der Waals surface area contributed by atoms with Crippen LogP contribution >= 0.6 is 11.6 Å². The van der Waals surface area contributed by atoms with E-state index in [1.165, 1.54) is 6.07 Å². The van der Waals surface area contributed by atoms with Gasteiger partial charge in [0.05, 0.1) is 23.9 Å². The Labute approximate surface area is 205 Å². The number of pyridine rings is 1. The lowest BCUT2D eigenvalue weighted by Gasteiger charge is -2.32. The zero-order chi connectivity index (χ0) is 25.2. The molecule has 2 aromatic rings. The summed E-state index contributed by atoms with van der Waals surface area (Å²) in [5.41, 5.74) is 0.0556. The minimum absolute atomic E-state index is 0.0433. The first-order valence-electron chi connectivity index (χ1n) is 11.3. The van der Waals surface area contributed by atoms with Crippen LogP contribution in [0.2, 0.25) is 5.02 Å². The van der Waals surface area contributed by atoms with Crippen LogP contribution in [0.25, 0.3) is 0 Å². The van der Waals surface area contributed by atoms with Gasteiger partial charge in [0.25, 0.3) is 5.91 Å². The maximum Gasteiger partial charge on any atom is 0.417 e. The van der Waals surface area contributed by atoms with Gasteiger partial charge in [-0.25, -0.2) is 0 Å². The number of aliphatic hydroxyl groups is 1. The fraction of sp³-hybridized carbons (Fsp3) is 0.458. The van der Waals surface area contributed by atoms with E-state index in [9.17, 15) is 27.9 Å². The predicted octanol–water partition coefficient (Wildman–Crippen LogP) is 3.93. The number of nitrogens with zero attached hydrogens (tertiary/aromatic N) is 1. The van der Waals surface area contributed by atoms with Crippen LogP contribution in [0.5, 0.6) is 5.75 Å². The molecule has 1 saturated carbocycles. The van der Waals surface area contributed by atoms with E-state index in [1.54, 1.807) is 18.2 Å². The first-order chi connectivity index (χ1) is 16.6. The summed E-state index contributed by atoms with van der Waals surface area (Å²) >= 11 is 5.96. The van der Waals surface area contributed by atoms with E-state index in [-0.39, 0.29) is 36.7 Å². The van der Waals surface area contributed by atoms with Crippen LogP contribution in [0.15, 0.2) is 36.5 Å². The summed E-state index contributed by atoms with van der Waals surface area (Å²) in [5.74, 6) is -0.324. The van der Waals surface area contributed by atoms with E-state index < -0.39 is 23.9 Å². The highest BCUT2D eigenvalue weighted by Crippen LogP contribution is 2.36. The van der Waals surface area contributed by atoms with Gasteiger partial charge in [-0.2, -0.15) is 13.2 Å². The van der Waals surface area contributed by atoms with E-state index in [2.05, 4.69) is 15.6 Å². The normalized spacial score (nSPS) is 24.1. The summed E-state index contributed by atoms with van der Waals surface area (Å²) in [7, 11) is 0. The summed E-state index contributed by atoms with van der Waals surface area (Å²) < 4.78 is 43.6. The fourth-order valence-corrected chi connectivity index (χ4v) is 4.57. The van der Waals surface area contributed by atoms with Gasteiger partial charge in [0.15, 0.2) is 6.10 Å². The van der Waals surface area contributed by atoms with E-state index in [1.807, 2.05) is 0 Å². The maximum absolute atomic E-state index is 12.7. The minimum atomic E-state index is -4.45. The van der Waals surface area contributed by atoms with Crippen molar-refractivity contribution in [2.24, 2.45) is 5.92 Å². The van der Waals surface area contributed by atoms with Crippen molar-refractivity contribution in [1.29, 1.82) is 0 Å². The molecule has 3 N–H and O–H groups in total. The summed E-state index contributed by atoms with van der Waals surface area (Å²) in [6, 6.07) is 6.95. The van der Waals surface area contributed by atoms with Crippen LogP contribution in [0.1, 0.15) is 55.0 Å². The molecule has 2 atom stereocenters. The molecule has 7 nitrogen and oxygen atoms in total. The predicted molar refractivity (Wildman–Crippen MR) is 120 cm³/mol.